The minimum atomic E-state index is -0.461. The molecule has 8 heteroatoms. The van der Waals surface area contributed by atoms with E-state index in [0.29, 0.717) is 32.8 Å². The summed E-state index contributed by atoms with van der Waals surface area (Å²) >= 11 is 3.22. The number of carbonyl (C=O) groups is 1. The van der Waals surface area contributed by atoms with Gasteiger partial charge in [-0.25, -0.2) is 5.43 Å². The van der Waals surface area contributed by atoms with Crippen LogP contribution in [0.15, 0.2) is 39.9 Å². The van der Waals surface area contributed by atoms with E-state index in [1.54, 1.807) is 30.3 Å². The highest BCUT2D eigenvalue weighted by Crippen LogP contribution is 2.31. The minimum absolute atomic E-state index is 0.0131. The van der Waals surface area contributed by atoms with Gasteiger partial charge in [0.25, 0.3) is 5.91 Å². The first-order valence-electron chi connectivity index (χ1n) is 7.12. The Bertz CT molecular complexity index is 808. The number of methoxy groups -OCH3 is 3. The van der Waals surface area contributed by atoms with Gasteiger partial charge in [0.05, 0.1) is 37.6 Å². The van der Waals surface area contributed by atoms with Crippen molar-refractivity contribution in [3.8, 4) is 23.0 Å². The lowest BCUT2D eigenvalue weighted by atomic mass is 10.2. The number of halogens is 1. The van der Waals surface area contributed by atoms with Gasteiger partial charge >= 0.3 is 0 Å². The number of nitrogens with zero attached hydrogens (tertiary/aromatic N) is 1. The lowest BCUT2D eigenvalue weighted by Gasteiger charge is -2.09. The second-order valence-electron chi connectivity index (χ2n) is 4.81. The van der Waals surface area contributed by atoms with Gasteiger partial charge in [-0.15, -0.1) is 0 Å². The van der Waals surface area contributed by atoms with Crippen LogP contribution >= 0.6 is 15.9 Å². The van der Waals surface area contributed by atoms with Crippen LogP contribution in [0.3, 0.4) is 0 Å². The third-order valence-corrected chi connectivity index (χ3v) is 3.93. The fourth-order valence-corrected chi connectivity index (χ4v) is 2.47. The molecule has 25 heavy (non-hydrogen) atoms. The van der Waals surface area contributed by atoms with E-state index in [1.807, 2.05) is 0 Å². The molecule has 0 saturated carbocycles. The Morgan fingerprint density at radius 2 is 1.84 bits per heavy atom. The third kappa shape index (κ3) is 4.42. The molecule has 2 aromatic rings. The van der Waals surface area contributed by atoms with Crippen LogP contribution in [-0.2, 0) is 0 Å². The predicted octanol–water partition coefficient (Wildman–Crippen LogP) is 2.94. The summed E-state index contributed by atoms with van der Waals surface area (Å²) in [6.45, 7) is 0. The molecule has 0 unspecified atom stereocenters. The van der Waals surface area contributed by atoms with Gasteiger partial charge in [-0.3, -0.25) is 4.79 Å². The van der Waals surface area contributed by atoms with Crippen LogP contribution in [0, 0.1) is 0 Å². The second-order valence-corrected chi connectivity index (χ2v) is 5.67. The van der Waals surface area contributed by atoms with Crippen molar-refractivity contribution in [2.24, 2.45) is 5.10 Å². The number of ether oxygens (including phenoxy) is 3. The molecule has 2 N–H and O–H groups in total. The summed E-state index contributed by atoms with van der Waals surface area (Å²) in [6.07, 6.45) is 1.32. The summed E-state index contributed by atoms with van der Waals surface area (Å²) in [7, 11) is 4.50. The Morgan fingerprint density at radius 3 is 2.48 bits per heavy atom. The number of aromatic hydroxyl groups is 1. The molecule has 0 aliphatic carbocycles. The number of rotatable bonds is 6. The van der Waals surface area contributed by atoms with Crippen molar-refractivity contribution in [1.82, 2.24) is 5.43 Å². The third-order valence-electron chi connectivity index (χ3n) is 3.33. The molecular weight excluding hydrogens is 392 g/mol. The zero-order chi connectivity index (χ0) is 18.4. The summed E-state index contributed by atoms with van der Waals surface area (Å²) in [5.41, 5.74) is 3.07. The first-order valence-corrected chi connectivity index (χ1v) is 7.91. The highest BCUT2D eigenvalue weighted by atomic mass is 79.9. The maximum atomic E-state index is 12.2. The molecule has 0 heterocycles. The van der Waals surface area contributed by atoms with E-state index in [1.165, 1.54) is 27.5 Å². The van der Waals surface area contributed by atoms with Gasteiger partial charge in [-0.05, 0) is 40.2 Å². The number of phenolic OH excluding ortho intramolecular Hbond substituents is 1. The Morgan fingerprint density at radius 1 is 1.12 bits per heavy atom. The smallest absolute Gasteiger partial charge is 0.275 e. The minimum Gasteiger partial charge on any atom is -0.506 e. The van der Waals surface area contributed by atoms with Crippen molar-refractivity contribution in [1.29, 1.82) is 0 Å². The molecule has 2 rings (SSSR count). The van der Waals surface area contributed by atoms with Crippen molar-refractivity contribution < 1.29 is 24.1 Å². The number of hydrogen-bond donors (Lipinski definition) is 2. The second kappa shape index (κ2) is 8.39. The van der Waals surface area contributed by atoms with Crippen LogP contribution in [0.1, 0.15) is 15.9 Å². The molecule has 132 valence electrons. The normalized spacial score (nSPS) is 10.6. The highest BCUT2D eigenvalue weighted by molar-refractivity contribution is 9.10. The average molecular weight is 409 g/mol. The van der Waals surface area contributed by atoms with Crippen molar-refractivity contribution in [3.05, 3.63) is 45.9 Å². The van der Waals surface area contributed by atoms with Gasteiger partial charge in [0, 0.05) is 11.6 Å². The maximum absolute atomic E-state index is 12.2. The number of hydrazone groups is 1. The molecule has 2 aromatic carbocycles. The lowest BCUT2D eigenvalue weighted by Crippen LogP contribution is -2.18. The van der Waals surface area contributed by atoms with Gasteiger partial charge < -0.3 is 19.3 Å². The average Bonchev–Trinajstić information content (AvgIpc) is 2.64. The Hall–Kier alpha value is -2.74. The fourth-order valence-electron chi connectivity index (χ4n) is 2.02. The molecule has 7 nitrogen and oxygen atoms in total. The molecule has 1 amide bonds. The van der Waals surface area contributed by atoms with Crippen molar-refractivity contribution in [2.75, 3.05) is 21.3 Å². The zero-order valence-electron chi connectivity index (χ0n) is 13.9. The number of nitrogens with one attached hydrogen (secondary N) is 1. The van der Waals surface area contributed by atoms with E-state index in [0.717, 1.165) is 0 Å². The Labute approximate surface area is 153 Å². The Kier molecular flexibility index (Phi) is 6.24. The highest BCUT2D eigenvalue weighted by Gasteiger charge is 2.13. The van der Waals surface area contributed by atoms with Gasteiger partial charge in [-0.1, -0.05) is 0 Å². The summed E-state index contributed by atoms with van der Waals surface area (Å²) in [5, 5.41) is 13.9. The zero-order valence-corrected chi connectivity index (χ0v) is 15.5. The molecule has 0 bridgehead atoms. The van der Waals surface area contributed by atoms with Gasteiger partial charge in [0.15, 0.2) is 0 Å². The first kappa shape index (κ1) is 18.6. The molecule has 0 atom stereocenters. The molecule has 0 aliphatic rings. The number of benzene rings is 2. The topological polar surface area (TPSA) is 89.4 Å². The Balaban J connectivity index is 2.17. The summed E-state index contributed by atoms with van der Waals surface area (Å²) in [4.78, 5) is 12.2. The van der Waals surface area contributed by atoms with E-state index >= 15 is 0 Å². The van der Waals surface area contributed by atoms with E-state index in [9.17, 15) is 9.90 Å². The molecule has 0 spiro atoms. The molecule has 0 radical (unpaired) electrons. The standard InChI is InChI=1S/C17H17BrN2O5/c1-23-11-4-5-13(15(8-11)25-3)17(22)20-19-9-10-6-12(24-2)7-14(18)16(10)21/h4-9,21H,1-3H3,(H,20,22)/b19-9-. The van der Waals surface area contributed by atoms with Crippen LogP contribution in [0.25, 0.3) is 0 Å². The molecule has 0 fully saturated rings. The predicted molar refractivity (Wildman–Crippen MR) is 97.0 cm³/mol. The quantitative estimate of drug-likeness (QED) is 0.566. The summed E-state index contributed by atoms with van der Waals surface area (Å²) in [5.74, 6) is 0.995. The summed E-state index contributed by atoms with van der Waals surface area (Å²) < 4.78 is 15.9. The molecule has 0 aromatic heterocycles. The number of hydrogen-bond acceptors (Lipinski definition) is 6. The fraction of sp³-hybridized carbons (Fsp3) is 0.176. The van der Waals surface area contributed by atoms with Crippen molar-refractivity contribution >= 4 is 28.1 Å². The first-order chi connectivity index (χ1) is 12.0. The molecular formula is C17H17BrN2O5. The van der Waals surface area contributed by atoms with Crippen LogP contribution in [0.4, 0.5) is 0 Å². The van der Waals surface area contributed by atoms with Crippen molar-refractivity contribution in [2.45, 2.75) is 0 Å². The van der Waals surface area contributed by atoms with Gasteiger partial charge in [0.1, 0.15) is 23.0 Å². The van der Waals surface area contributed by atoms with Gasteiger partial charge in [0.2, 0.25) is 0 Å². The summed E-state index contributed by atoms with van der Waals surface area (Å²) in [6, 6.07) is 8.02. The van der Waals surface area contributed by atoms with Crippen molar-refractivity contribution in [3.63, 3.8) is 0 Å². The van der Waals surface area contributed by atoms with Crippen LogP contribution in [-0.4, -0.2) is 38.6 Å². The number of phenols is 1. The number of amides is 1. The van der Waals surface area contributed by atoms with E-state index in [4.69, 9.17) is 14.2 Å². The van der Waals surface area contributed by atoms with E-state index < -0.39 is 5.91 Å². The van der Waals surface area contributed by atoms with Crippen LogP contribution in [0.5, 0.6) is 23.0 Å². The van der Waals surface area contributed by atoms with Crippen LogP contribution in [0.2, 0.25) is 0 Å². The monoisotopic (exact) mass is 408 g/mol. The molecule has 0 aliphatic heterocycles. The maximum Gasteiger partial charge on any atom is 0.275 e. The number of carbonyl (C=O) groups excluding carboxylic acids is 1. The lowest BCUT2D eigenvalue weighted by molar-refractivity contribution is 0.0952. The van der Waals surface area contributed by atoms with Crippen LogP contribution < -0.4 is 19.6 Å². The largest absolute Gasteiger partial charge is 0.506 e. The molecule has 0 saturated heterocycles. The van der Waals surface area contributed by atoms with Gasteiger partial charge in [-0.2, -0.15) is 5.10 Å². The van der Waals surface area contributed by atoms with E-state index in [2.05, 4.69) is 26.5 Å². The van der Waals surface area contributed by atoms with E-state index in [-0.39, 0.29) is 5.75 Å². The SMILES string of the molecule is COc1cc(Br)c(O)c(/C=N\NC(=O)c2ccc(OC)cc2OC)c1.